The maximum absolute atomic E-state index is 11.5. The SMILES string of the molecule is C=CCCCN(C)C(=NC)NCCCC(=O)NC1CC1. The summed E-state index contributed by atoms with van der Waals surface area (Å²) in [6.45, 7) is 5.45. The molecule has 0 aromatic heterocycles. The number of aliphatic imine (C=N–C) groups is 1. The summed E-state index contributed by atoms with van der Waals surface area (Å²) < 4.78 is 0. The van der Waals surface area contributed by atoms with Crippen molar-refractivity contribution in [2.45, 2.75) is 44.6 Å². The van der Waals surface area contributed by atoms with Crippen molar-refractivity contribution in [1.29, 1.82) is 0 Å². The third-order valence-corrected chi connectivity index (χ3v) is 3.28. The van der Waals surface area contributed by atoms with Crippen LogP contribution in [0.3, 0.4) is 0 Å². The predicted octanol–water partition coefficient (Wildman–Crippen LogP) is 1.52. The second kappa shape index (κ2) is 9.39. The largest absolute Gasteiger partial charge is 0.356 e. The molecule has 2 N–H and O–H groups in total. The minimum atomic E-state index is 0.170. The molecule has 1 aliphatic carbocycles. The van der Waals surface area contributed by atoms with E-state index in [2.05, 4.69) is 27.1 Å². The molecule has 0 bridgehead atoms. The lowest BCUT2D eigenvalue weighted by Gasteiger charge is -2.21. The lowest BCUT2D eigenvalue weighted by Crippen LogP contribution is -2.40. The van der Waals surface area contributed by atoms with Crippen LogP contribution in [0.2, 0.25) is 0 Å². The predicted molar refractivity (Wildman–Crippen MR) is 83.8 cm³/mol. The van der Waals surface area contributed by atoms with Gasteiger partial charge < -0.3 is 15.5 Å². The standard InChI is InChI=1S/C15H28N4O/c1-4-5-6-12-19(3)15(16-2)17-11-7-8-14(20)18-13-9-10-13/h4,13H,1,5-12H2,2-3H3,(H,16,17)(H,18,20). The molecule has 0 saturated heterocycles. The maximum Gasteiger partial charge on any atom is 0.220 e. The van der Waals surface area contributed by atoms with Gasteiger partial charge in [0.2, 0.25) is 5.91 Å². The van der Waals surface area contributed by atoms with Crippen molar-refractivity contribution < 1.29 is 4.79 Å². The van der Waals surface area contributed by atoms with Gasteiger partial charge in [0.1, 0.15) is 0 Å². The number of rotatable bonds is 9. The van der Waals surface area contributed by atoms with E-state index in [0.29, 0.717) is 12.5 Å². The first-order valence-electron chi connectivity index (χ1n) is 7.49. The Balaban J connectivity index is 2.10. The molecule has 1 fully saturated rings. The van der Waals surface area contributed by atoms with E-state index >= 15 is 0 Å². The minimum absolute atomic E-state index is 0.170. The molecule has 1 saturated carbocycles. The van der Waals surface area contributed by atoms with Gasteiger partial charge in [0.05, 0.1) is 0 Å². The van der Waals surface area contributed by atoms with Crippen LogP contribution >= 0.6 is 0 Å². The highest BCUT2D eigenvalue weighted by Gasteiger charge is 2.22. The normalized spacial score (nSPS) is 14.8. The lowest BCUT2D eigenvalue weighted by atomic mass is 10.3. The van der Waals surface area contributed by atoms with Crippen molar-refractivity contribution in [3.05, 3.63) is 12.7 Å². The zero-order chi connectivity index (χ0) is 14.8. The van der Waals surface area contributed by atoms with E-state index in [1.54, 1.807) is 7.05 Å². The highest BCUT2D eigenvalue weighted by molar-refractivity contribution is 5.79. The second-order valence-electron chi connectivity index (χ2n) is 5.27. The van der Waals surface area contributed by atoms with Gasteiger partial charge in [-0.15, -0.1) is 6.58 Å². The minimum Gasteiger partial charge on any atom is -0.356 e. The Morgan fingerprint density at radius 3 is 2.80 bits per heavy atom. The maximum atomic E-state index is 11.5. The Morgan fingerprint density at radius 1 is 1.45 bits per heavy atom. The summed E-state index contributed by atoms with van der Waals surface area (Å²) >= 11 is 0. The molecule has 114 valence electrons. The van der Waals surface area contributed by atoms with E-state index in [9.17, 15) is 4.79 Å². The fourth-order valence-electron chi connectivity index (χ4n) is 1.94. The molecule has 0 radical (unpaired) electrons. The van der Waals surface area contributed by atoms with Crippen LogP contribution in [-0.2, 0) is 4.79 Å². The molecule has 5 nitrogen and oxygen atoms in total. The number of unbranched alkanes of at least 4 members (excludes halogenated alkanes) is 1. The van der Waals surface area contributed by atoms with E-state index in [-0.39, 0.29) is 5.91 Å². The smallest absolute Gasteiger partial charge is 0.220 e. The van der Waals surface area contributed by atoms with E-state index in [1.807, 2.05) is 13.1 Å². The van der Waals surface area contributed by atoms with Crippen LogP contribution in [0.1, 0.15) is 38.5 Å². The zero-order valence-corrected chi connectivity index (χ0v) is 12.8. The molecule has 0 unspecified atom stereocenters. The second-order valence-corrected chi connectivity index (χ2v) is 5.27. The molecule has 0 aromatic rings. The van der Waals surface area contributed by atoms with Crippen LogP contribution in [0.5, 0.6) is 0 Å². The van der Waals surface area contributed by atoms with E-state index < -0.39 is 0 Å². The van der Waals surface area contributed by atoms with Crippen molar-refractivity contribution >= 4 is 11.9 Å². The Labute approximate surface area is 122 Å². The summed E-state index contributed by atoms with van der Waals surface area (Å²) in [6, 6.07) is 0.458. The fourth-order valence-corrected chi connectivity index (χ4v) is 1.94. The fraction of sp³-hybridized carbons (Fsp3) is 0.733. The van der Waals surface area contributed by atoms with Gasteiger partial charge in [-0.05, 0) is 32.1 Å². The highest BCUT2D eigenvalue weighted by Crippen LogP contribution is 2.18. The third-order valence-electron chi connectivity index (χ3n) is 3.28. The van der Waals surface area contributed by atoms with Crippen LogP contribution in [0.25, 0.3) is 0 Å². The summed E-state index contributed by atoms with van der Waals surface area (Å²) in [4.78, 5) is 17.9. The van der Waals surface area contributed by atoms with Crippen molar-refractivity contribution in [2.24, 2.45) is 4.99 Å². The molecule has 0 spiro atoms. The van der Waals surface area contributed by atoms with Crippen LogP contribution in [0.4, 0.5) is 0 Å². The first kappa shape index (κ1) is 16.5. The molecular formula is C15H28N4O. The molecule has 0 heterocycles. The van der Waals surface area contributed by atoms with Gasteiger partial charge in [-0.3, -0.25) is 9.79 Å². The lowest BCUT2D eigenvalue weighted by molar-refractivity contribution is -0.121. The number of guanidine groups is 1. The quantitative estimate of drug-likeness (QED) is 0.291. The first-order chi connectivity index (χ1) is 9.67. The van der Waals surface area contributed by atoms with E-state index in [1.165, 1.54) is 0 Å². The number of hydrogen-bond donors (Lipinski definition) is 2. The number of nitrogens with one attached hydrogen (secondary N) is 2. The molecule has 5 heteroatoms. The van der Waals surface area contributed by atoms with Gasteiger partial charge in [0.15, 0.2) is 5.96 Å². The Bertz CT molecular complexity index is 337. The molecule has 1 rings (SSSR count). The number of allylic oxidation sites excluding steroid dienone is 1. The van der Waals surface area contributed by atoms with Crippen LogP contribution in [0, 0.1) is 0 Å². The monoisotopic (exact) mass is 280 g/mol. The number of carbonyl (C=O) groups excluding carboxylic acids is 1. The van der Waals surface area contributed by atoms with Gasteiger partial charge >= 0.3 is 0 Å². The topological polar surface area (TPSA) is 56.7 Å². The van der Waals surface area contributed by atoms with Crippen molar-refractivity contribution in [3.8, 4) is 0 Å². The Morgan fingerprint density at radius 2 is 2.20 bits per heavy atom. The van der Waals surface area contributed by atoms with Crippen molar-refractivity contribution in [2.75, 3.05) is 27.2 Å². The summed E-state index contributed by atoms with van der Waals surface area (Å²) in [5, 5.41) is 6.29. The van der Waals surface area contributed by atoms with Gasteiger partial charge in [0.25, 0.3) is 0 Å². The molecule has 1 amide bonds. The summed E-state index contributed by atoms with van der Waals surface area (Å²) in [5.74, 6) is 1.06. The van der Waals surface area contributed by atoms with Gasteiger partial charge in [-0.2, -0.15) is 0 Å². The van der Waals surface area contributed by atoms with Crippen molar-refractivity contribution in [1.82, 2.24) is 15.5 Å². The van der Waals surface area contributed by atoms with Crippen LogP contribution in [-0.4, -0.2) is 50.0 Å². The number of amides is 1. The van der Waals surface area contributed by atoms with Gasteiger partial charge in [-0.25, -0.2) is 0 Å². The van der Waals surface area contributed by atoms with Gasteiger partial charge in [0, 0.05) is 39.6 Å². The van der Waals surface area contributed by atoms with E-state index in [4.69, 9.17) is 0 Å². The van der Waals surface area contributed by atoms with Gasteiger partial charge in [-0.1, -0.05) is 6.08 Å². The first-order valence-corrected chi connectivity index (χ1v) is 7.49. The molecular weight excluding hydrogens is 252 g/mol. The Hall–Kier alpha value is -1.52. The van der Waals surface area contributed by atoms with Crippen LogP contribution in [0.15, 0.2) is 17.6 Å². The molecule has 1 aliphatic rings. The zero-order valence-electron chi connectivity index (χ0n) is 12.8. The van der Waals surface area contributed by atoms with E-state index in [0.717, 1.165) is 51.2 Å². The average molecular weight is 280 g/mol. The molecule has 0 atom stereocenters. The average Bonchev–Trinajstić information content (AvgIpc) is 3.23. The Kier molecular flexibility index (Phi) is 7.77. The van der Waals surface area contributed by atoms with Crippen LogP contribution < -0.4 is 10.6 Å². The third kappa shape index (κ3) is 7.16. The molecule has 0 aromatic carbocycles. The summed E-state index contributed by atoms with van der Waals surface area (Å²) in [5.41, 5.74) is 0. The number of nitrogens with zero attached hydrogens (tertiary/aromatic N) is 2. The van der Waals surface area contributed by atoms with Crippen molar-refractivity contribution in [3.63, 3.8) is 0 Å². The highest BCUT2D eigenvalue weighted by atomic mass is 16.1. The molecule has 20 heavy (non-hydrogen) atoms. The number of hydrogen-bond acceptors (Lipinski definition) is 2. The number of carbonyl (C=O) groups is 1. The summed E-state index contributed by atoms with van der Waals surface area (Å²) in [6.07, 6.45) is 7.73. The molecule has 0 aliphatic heterocycles. The summed E-state index contributed by atoms with van der Waals surface area (Å²) in [7, 11) is 3.81.